The van der Waals surface area contributed by atoms with Crippen molar-refractivity contribution in [3.63, 3.8) is 0 Å². The minimum absolute atomic E-state index is 0.0803. The molecule has 2 N–H and O–H groups in total. The fraction of sp³-hybridized carbons (Fsp3) is 0. The fourth-order valence-electron chi connectivity index (χ4n) is 1.81. The Kier molecular flexibility index (Phi) is 2.60. The highest BCUT2D eigenvalue weighted by Gasteiger charge is 2.14. The SMILES string of the molecule is O=C(O)c1cnn2c(Nc3ccccc3)ccnc12. The molecule has 0 atom stereocenters. The maximum absolute atomic E-state index is 11.0. The highest BCUT2D eigenvalue weighted by molar-refractivity contribution is 5.94. The second-order valence-electron chi connectivity index (χ2n) is 3.92. The number of benzene rings is 1. The molecule has 0 unspecified atom stereocenters. The number of rotatable bonds is 3. The second-order valence-corrected chi connectivity index (χ2v) is 3.92. The van der Waals surface area contributed by atoms with Crippen LogP contribution in [0.15, 0.2) is 48.8 Å². The summed E-state index contributed by atoms with van der Waals surface area (Å²) in [5, 5.41) is 16.3. The van der Waals surface area contributed by atoms with E-state index in [1.54, 1.807) is 12.3 Å². The molecular formula is C13H10N4O2. The molecule has 0 bridgehead atoms. The van der Waals surface area contributed by atoms with Crippen LogP contribution in [0.4, 0.5) is 11.5 Å². The molecule has 0 fully saturated rings. The van der Waals surface area contributed by atoms with Crippen molar-refractivity contribution in [3.05, 3.63) is 54.4 Å². The lowest BCUT2D eigenvalue weighted by atomic mass is 10.3. The predicted octanol–water partition coefficient (Wildman–Crippen LogP) is 2.17. The summed E-state index contributed by atoms with van der Waals surface area (Å²) in [4.78, 5) is 15.1. The molecule has 94 valence electrons. The van der Waals surface area contributed by atoms with Crippen molar-refractivity contribution in [1.82, 2.24) is 14.6 Å². The first-order valence-corrected chi connectivity index (χ1v) is 5.64. The third-order valence-electron chi connectivity index (χ3n) is 2.68. The van der Waals surface area contributed by atoms with Gasteiger partial charge in [-0.3, -0.25) is 0 Å². The third kappa shape index (κ3) is 1.99. The van der Waals surface area contributed by atoms with Crippen molar-refractivity contribution >= 4 is 23.1 Å². The lowest BCUT2D eigenvalue weighted by Gasteiger charge is -2.07. The maximum atomic E-state index is 11.0. The van der Waals surface area contributed by atoms with Crippen LogP contribution >= 0.6 is 0 Å². The van der Waals surface area contributed by atoms with Crippen molar-refractivity contribution in [3.8, 4) is 0 Å². The first kappa shape index (κ1) is 11.2. The van der Waals surface area contributed by atoms with Gasteiger partial charge in [0.05, 0.1) is 6.20 Å². The summed E-state index contributed by atoms with van der Waals surface area (Å²) in [7, 11) is 0. The molecule has 0 radical (unpaired) electrons. The standard InChI is InChI=1S/C13H10N4O2/c18-13(19)10-8-15-17-11(6-7-14-12(10)17)16-9-4-2-1-3-5-9/h1-8,16H,(H,18,19). The fourth-order valence-corrected chi connectivity index (χ4v) is 1.81. The van der Waals surface area contributed by atoms with E-state index >= 15 is 0 Å². The molecule has 2 heterocycles. The lowest BCUT2D eigenvalue weighted by Crippen LogP contribution is -2.02. The van der Waals surface area contributed by atoms with Gasteiger partial charge < -0.3 is 10.4 Å². The topological polar surface area (TPSA) is 79.5 Å². The number of aromatic nitrogens is 3. The largest absolute Gasteiger partial charge is 0.477 e. The molecular weight excluding hydrogens is 244 g/mol. The molecule has 0 aliphatic rings. The number of carboxylic acids is 1. The quantitative estimate of drug-likeness (QED) is 0.748. The number of anilines is 2. The van der Waals surface area contributed by atoms with Crippen molar-refractivity contribution in [2.24, 2.45) is 0 Å². The van der Waals surface area contributed by atoms with Crippen LogP contribution in [-0.2, 0) is 0 Å². The van der Waals surface area contributed by atoms with E-state index in [2.05, 4.69) is 15.4 Å². The van der Waals surface area contributed by atoms with Crippen molar-refractivity contribution in [2.45, 2.75) is 0 Å². The molecule has 3 rings (SSSR count). The zero-order valence-corrected chi connectivity index (χ0v) is 9.82. The minimum Gasteiger partial charge on any atom is -0.477 e. The molecule has 0 aliphatic carbocycles. The van der Waals surface area contributed by atoms with Crippen LogP contribution in [-0.4, -0.2) is 25.7 Å². The van der Waals surface area contributed by atoms with E-state index in [4.69, 9.17) is 5.11 Å². The maximum Gasteiger partial charge on any atom is 0.341 e. The number of aromatic carboxylic acids is 1. The number of para-hydroxylation sites is 1. The van der Waals surface area contributed by atoms with Crippen LogP contribution in [0, 0.1) is 0 Å². The van der Waals surface area contributed by atoms with Gasteiger partial charge in [-0.15, -0.1) is 0 Å². The van der Waals surface area contributed by atoms with E-state index in [1.807, 2.05) is 30.3 Å². The van der Waals surface area contributed by atoms with E-state index in [0.29, 0.717) is 11.5 Å². The molecule has 6 nitrogen and oxygen atoms in total. The van der Waals surface area contributed by atoms with Crippen LogP contribution in [0.1, 0.15) is 10.4 Å². The van der Waals surface area contributed by atoms with E-state index in [0.717, 1.165) is 5.69 Å². The monoisotopic (exact) mass is 254 g/mol. The molecule has 0 aliphatic heterocycles. The van der Waals surface area contributed by atoms with Crippen LogP contribution in [0.5, 0.6) is 0 Å². The van der Waals surface area contributed by atoms with Gasteiger partial charge in [0.15, 0.2) is 5.65 Å². The van der Waals surface area contributed by atoms with Crippen molar-refractivity contribution in [1.29, 1.82) is 0 Å². The zero-order chi connectivity index (χ0) is 13.2. The first-order valence-electron chi connectivity index (χ1n) is 5.64. The summed E-state index contributed by atoms with van der Waals surface area (Å²) in [6.07, 6.45) is 2.84. The predicted molar refractivity (Wildman–Crippen MR) is 69.7 cm³/mol. The van der Waals surface area contributed by atoms with Crippen molar-refractivity contribution in [2.75, 3.05) is 5.32 Å². The van der Waals surface area contributed by atoms with Crippen LogP contribution < -0.4 is 5.32 Å². The normalized spacial score (nSPS) is 10.5. The molecule has 0 saturated carbocycles. The van der Waals surface area contributed by atoms with Crippen LogP contribution in [0.3, 0.4) is 0 Å². The summed E-state index contributed by atoms with van der Waals surface area (Å²) < 4.78 is 1.47. The lowest BCUT2D eigenvalue weighted by molar-refractivity contribution is 0.0699. The number of carbonyl (C=O) groups is 1. The Hall–Kier alpha value is -2.89. The second kappa shape index (κ2) is 4.41. The molecule has 6 heteroatoms. The van der Waals surface area contributed by atoms with E-state index in [9.17, 15) is 4.79 Å². The number of hydrogen-bond acceptors (Lipinski definition) is 4. The highest BCUT2D eigenvalue weighted by Crippen LogP contribution is 2.18. The summed E-state index contributed by atoms with van der Waals surface area (Å²) in [6.45, 7) is 0. The Morgan fingerprint density at radius 1 is 1.21 bits per heavy atom. The van der Waals surface area contributed by atoms with Gasteiger partial charge in [0.1, 0.15) is 11.4 Å². The van der Waals surface area contributed by atoms with Crippen molar-refractivity contribution < 1.29 is 9.90 Å². The number of hydrogen-bond donors (Lipinski definition) is 2. The van der Waals surface area contributed by atoms with Gasteiger partial charge in [0.2, 0.25) is 0 Å². The van der Waals surface area contributed by atoms with Gasteiger partial charge in [-0.2, -0.15) is 9.61 Å². The van der Waals surface area contributed by atoms with E-state index in [-0.39, 0.29) is 5.56 Å². The Morgan fingerprint density at radius 2 is 2.00 bits per heavy atom. The Bertz CT molecular complexity index is 737. The minimum atomic E-state index is -1.04. The molecule has 3 aromatic rings. The Labute approximate surface area is 108 Å². The smallest absolute Gasteiger partial charge is 0.341 e. The average molecular weight is 254 g/mol. The summed E-state index contributed by atoms with van der Waals surface area (Å²) in [6, 6.07) is 11.3. The van der Waals surface area contributed by atoms with Gasteiger partial charge in [-0.1, -0.05) is 18.2 Å². The molecule has 0 amide bonds. The Morgan fingerprint density at radius 3 is 2.74 bits per heavy atom. The molecule has 0 saturated heterocycles. The summed E-state index contributed by atoms with van der Waals surface area (Å²) in [5.74, 6) is -0.386. The molecule has 19 heavy (non-hydrogen) atoms. The number of fused-ring (bicyclic) bond motifs is 1. The van der Waals surface area contributed by atoms with Gasteiger partial charge in [-0.25, -0.2) is 9.78 Å². The van der Waals surface area contributed by atoms with Gasteiger partial charge in [0.25, 0.3) is 0 Å². The third-order valence-corrected chi connectivity index (χ3v) is 2.68. The van der Waals surface area contributed by atoms with Gasteiger partial charge in [0, 0.05) is 11.9 Å². The average Bonchev–Trinajstić information content (AvgIpc) is 2.85. The van der Waals surface area contributed by atoms with Gasteiger partial charge >= 0.3 is 5.97 Å². The van der Waals surface area contributed by atoms with E-state index in [1.165, 1.54) is 10.7 Å². The molecule has 0 spiro atoms. The van der Waals surface area contributed by atoms with Crippen LogP contribution in [0.2, 0.25) is 0 Å². The van der Waals surface area contributed by atoms with Gasteiger partial charge in [-0.05, 0) is 18.2 Å². The zero-order valence-electron chi connectivity index (χ0n) is 9.82. The highest BCUT2D eigenvalue weighted by atomic mass is 16.4. The molecule has 2 aromatic heterocycles. The van der Waals surface area contributed by atoms with Crippen LogP contribution in [0.25, 0.3) is 5.65 Å². The number of nitrogens with one attached hydrogen (secondary N) is 1. The first-order chi connectivity index (χ1) is 9.25. The number of nitrogens with zero attached hydrogens (tertiary/aromatic N) is 3. The summed E-state index contributed by atoms with van der Waals surface area (Å²) >= 11 is 0. The number of carboxylic acid groups (broad SMARTS) is 1. The Balaban J connectivity index is 2.07. The van der Waals surface area contributed by atoms with E-state index < -0.39 is 5.97 Å². The summed E-state index contributed by atoms with van der Waals surface area (Å²) in [5.41, 5.74) is 1.28. The molecule has 1 aromatic carbocycles.